The van der Waals surface area contributed by atoms with Crippen molar-refractivity contribution in [3.8, 4) is 0 Å². The number of carbonyl (C=O) groups excluding carboxylic acids is 3. The van der Waals surface area contributed by atoms with E-state index in [-0.39, 0.29) is 13.0 Å². The van der Waals surface area contributed by atoms with Gasteiger partial charge in [0.05, 0.1) is 18.6 Å². The smallest absolute Gasteiger partial charge is 0.338 e. The molecule has 1 N–H and O–H groups in total. The number of amides is 1. The third kappa shape index (κ3) is 7.53. The molecule has 0 saturated carbocycles. The van der Waals surface area contributed by atoms with Crippen LogP contribution < -0.4 is 5.32 Å². The van der Waals surface area contributed by atoms with Crippen molar-refractivity contribution < 1.29 is 23.9 Å². The fourth-order valence-corrected chi connectivity index (χ4v) is 2.94. The molecule has 0 unspecified atom stereocenters. The lowest BCUT2D eigenvalue weighted by Gasteiger charge is -2.07. The van der Waals surface area contributed by atoms with Crippen LogP contribution in [0.3, 0.4) is 0 Å². The Kier molecular flexibility index (Phi) is 8.38. The van der Waals surface area contributed by atoms with Gasteiger partial charge in [-0.3, -0.25) is 9.59 Å². The minimum Gasteiger partial charge on any atom is -0.462 e. The van der Waals surface area contributed by atoms with Gasteiger partial charge in [-0.1, -0.05) is 18.2 Å². The Labute approximate surface area is 162 Å². The molecule has 0 spiro atoms. The number of hydrogen-bond acceptors (Lipinski definition) is 6. The number of rotatable bonds is 9. The minimum absolute atomic E-state index is 0.223. The van der Waals surface area contributed by atoms with Gasteiger partial charge in [0, 0.05) is 16.3 Å². The Hall–Kier alpha value is -2.80. The predicted octanol–water partition coefficient (Wildman–Crippen LogP) is 3.53. The van der Waals surface area contributed by atoms with Gasteiger partial charge in [0.15, 0.2) is 6.61 Å². The summed E-state index contributed by atoms with van der Waals surface area (Å²) in [5.74, 6) is -0.702. The van der Waals surface area contributed by atoms with Crippen molar-refractivity contribution in [1.29, 1.82) is 0 Å². The van der Waals surface area contributed by atoms with Gasteiger partial charge in [0.1, 0.15) is 0 Å². The summed E-state index contributed by atoms with van der Waals surface area (Å²) in [4.78, 5) is 36.2. The van der Waals surface area contributed by atoms with Crippen molar-refractivity contribution in [2.75, 3.05) is 24.3 Å². The first-order valence-corrected chi connectivity index (χ1v) is 9.47. The van der Waals surface area contributed by atoms with E-state index in [4.69, 9.17) is 9.47 Å². The number of anilines is 1. The van der Waals surface area contributed by atoms with E-state index >= 15 is 0 Å². The Morgan fingerprint density at radius 1 is 0.963 bits per heavy atom. The minimum atomic E-state index is -0.442. The summed E-state index contributed by atoms with van der Waals surface area (Å²) in [5.41, 5.74) is 0.904. The zero-order chi connectivity index (χ0) is 19.5. The normalized spacial score (nSPS) is 10.1. The molecule has 0 aliphatic carbocycles. The van der Waals surface area contributed by atoms with Crippen molar-refractivity contribution in [3.63, 3.8) is 0 Å². The number of benzene rings is 2. The molecule has 6 nitrogen and oxygen atoms in total. The van der Waals surface area contributed by atoms with Crippen LogP contribution in [0.1, 0.15) is 23.7 Å². The first-order chi connectivity index (χ1) is 13.1. The van der Waals surface area contributed by atoms with Crippen LogP contribution in [0, 0.1) is 0 Å². The van der Waals surface area contributed by atoms with E-state index in [0.29, 0.717) is 23.6 Å². The van der Waals surface area contributed by atoms with Gasteiger partial charge in [-0.25, -0.2) is 4.79 Å². The van der Waals surface area contributed by atoms with Crippen molar-refractivity contribution in [2.24, 2.45) is 0 Å². The zero-order valence-corrected chi connectivity index (χ0v) is 15.8. The molecular formula is C20H21NO5S. The summed E-state index contributed by atoms with van der Waals surface area (Å²) >= 11 is 1.55. The Morgan fingerprint density at radius 2 is 1.67 bits per heavy atom. The monoisotopic (exact) mass is 387 g/mol. The molecule has 0 aromatic heterocycles. The van der Waals surface area contributed by atoms with Gasteiger partial charge >= 0.3 is 11.9 Å². The first kappa shape index (κ1) is 20.5. The van der Waals surface area contributed by atoms with Gasteiger partial charge in [-0.2, -0.15) is 0 Å². The number of carbonyl (C=O) groups is 3. The quantitative estimate of drug-likeness (QED) is 0.524. The van der Waals surface area contributed by atoms with Crippen molar-refractivity contribution >= 4 is 35.3 Å². The molecule has 2 aromatic rings. The highest BCUT2D eigenvalue weighted by Gasteiger charge is 2.10. The molecule has 0 saturated heterocycles. The molecule has 1 amide bonds. The molecular weight excluding hydrogens is 366 g/mol. The van der Waals surface area contributed by atoms with E-state index in [1.54, 1.807) is 43.0 Å². The number of ether oxygens (including phenoxy) is 2. The lowest BCUT2D eigenvalue weighted by atomic mass is 10.2. The van der Waals surface area contributed by atoms with Crippen LogP contribution in [0.5, 0.6) is 0 Å². The first-order valence-electron chi connectivity index (χ1n) is 8.49. The molecule has 0 bridgehead atoms. The highest BCUT2D eigenvalue weighted by molar-refractivity contribution is 7.99. The lowest BCUT2D eigenvalue weighted by Crippen LogP contribution is -2.21. The largest absolute Gasteiger partial charge is 0.462 e. The van der Waals surface area contributed by atoms with Gasteiger partial charge in [-0.15, -0.1) is 11.8 Å². The summed E-state index contributed by atoms with van der Waals surface area (Å²) in [5, 5.41) is 2.60. The molecule has 142 valence electrons. The summed E-state index contributed by atoms with van der Waals surface area (Å²) in [7, 11) is 0. The van der Waals surface area contributed by atoms with E-state index in [1.807, 2.05) is 30.3 Å². The third-order valence-electron chi connectivity index (χ3n) is 3.36. The lowest BCUT2D eigenvalue weighted by molar-refractivity contribution is -0.146. The van der Waals surface area contributed by atoms with Crippen LogP contribution >= 0.6 is 11.8 Å². The molecule has 27 heavy (non-hydrogen) atoms. The molecule has 2 aromatic carbocycles. The molecule has 0 aliphatic rings. The van der Waals surface area contributed by atoms with Gasteiger partial charge < -0.3 is 14.8 Å². The van der Waals surface area contributed by atoms with Crippen LogP contribution in [0.15, 0.2) is 59.5 Å². The van der Waals surface area contributed by atoms with E-state index in [0.717, 1.165) is 4.90 Å². The van der Waals surface area contributed by atoms with E-state index in [9.17, 15) is 14.4 Å². The maximum absolute atomic E-state index is 11.8. The SMILES string of the molecule is CCOC(=O)c1ccc(NC(=O)COC(=O)CCSc2ccccc2)cc1. The van der Waals surface area contributed by atoms with E-state index in [2.05, 4.69) is 5.32 Å². The molecule has 0 aliphatic heterocycles. The standard InChI is InChI=1S/C20H21NO5S/c1-2-25-20(24)15-8-10-16(11-9-15)21-18(22)14-26-19(23)12-13-27-17-6-4-3-5-7-17/h3-11H,2,12-14H2,1H3,(H,21,22). The van der Waals surface area contributed by atoms with Crippen LogP contribution in [-0.2, 0) is 19.1 Å². The topological polar surface area (TPSA) is 81.7 Å². The van der Waals surface area contributed by atoms with Gasteiger partial charge in [-0.05, 0) is 43.3 Å². The van der Waals surface area contributed by atoms with Gasteiger partial charge in [0.2, 0.25) is 0 Å². The molecule has 2 rings (SSSR count). The average Bonchev–Trinajstić information content (AvgIpc) is 2.68. The molecule has 0 radical (unpaired) electrons. The van der Waals surface area contributed by atoms with Crippen molar-refractivity contribution in [2.45, 2.75) is 18.2 Å². The molecule has 0 heterocycles. The fourth-order valence-electron chi connectivity index (χ4n) is 2.09. The number of hydrogen-bond donors (Lipinski definition) is 1. The highest BCUT2D eigenvalue weighted by atomic mass is 32.2. The Balaban J connectivity index is 1.67. The zero-order valence-electron chi connectivity index (χ0n) is 15.0. The van der Waals surface area contributed by atoms with Crippen LogP contribution in [0.2, 0.25) is 0 Å². The average molecular weight is 387 g/mol. The third-order valence-corrected chi connectivity index (χ3v) is 4.38. The number of nitrogens with one attached hydrogen (secondary N) is 1. The predicted molar refractivity (Wildman–Crippen MR) is 104 cm³/mol. The Bertz CT molecular complexity index is 762. The second-order valence-electron chi connectivity index (χ2n) is 5.42. The van der Waals surface area contributed by atoms with Crippen LogP contribution in [-0.4, -0.2) is 36.8 Å². The fraction of sp³-hybridized carbons (Fsp3) is 0.250. The van der Waals surface area contributed by atoms with Crippen LogP contribution in [0.25, 0.3) is 0 Å². The Morgan fingerprint density at radius 3 is 2.33 bits per heavy atom. The summed E-state index contributed by atoms with van der Waals surface area (Å²) in [6.45, 7) is 1.68. The van der Waals surface area contributed by atoms with Gasteiger partial charge in [0.25, 0.3) is 5.91 Å². The number of esters is 2. The molecule has 7 heteroatoms. The second-order valence-corrected chi connectivity index (χ2v) is 6.59. The van der Waals surface area contributed by atoms with Crippen molar-refractivity contribution in [3.05, 3.63) is 60.2 Å². The van der Waals surface area contributed by atoms with Crippen LogP contribution in [0.4, 0.5) is 5.69 Å². The summed E-state index contributed by atoms with van der Waals surface area (Å²) in [6, 6.07) is 16.0. The molecule has 0 fully saturated rings. The number of thioether (sulfide) groups is 1. The summed E-state index contributed by atoms with van der Waals surface area (Å²) < 4.78 is 9.86. The van der Waals surface area contributed by atoms with E-state index in [1.165, 1.54) is 0 Å². The second kappa shape index (κ2) is 11.0. The van der Waals surface area contributed by atoms with E-state index < -0.39 is 17.8 Å². The maximum atomic E-state index is 11.8. The maximum Gasteiger partial charge on any atom is 0.338 e. The molecule has 0 atom stereocenters. The summed E-state index contributed by atoms with van der Waals surface area (Å²) in [6.07, 6.45) is 0.223. The highest BCUT2D eigenvalue weighted by Crippen LogP contribution is 2.17. The van der Waals surface area contributed by atoms with Crippen molar-refractivity contribution in [1.82, 2.24) is 0 Å².